The maximum Gasteiger partial charge on any atom is 0.306 e. The molecule has 180 valence electrons. The van der Waals surface area contributed by atoms with E-state index in [0.29, 0.717) is 18.4 Å². The van der Waals surface area contributed by atoms with Crippen LogP contribution in [0.1, 0.15) is 86.5 Å². The van der Waals surface area contributed by atoms with Gasteiger partial charge in [0.2, 0.25) is 0 Å². The molecule has 0 fully saturated rings. The van der Waals surface area contributed by atoms with Gasteiger partial charge in [0, 0.05) is 6.42 Å². The summed E-state index contributed by atoms with van der Waals surface area (Å²) in [6.07, 6.45) is 21.6. The quantitative estimate of drug-likeness (QED) is 0.154. The highest BCUT2D eigenvalue weighted by Crippen LogP contribution is 2.40. The zero-order valence-corrected chi connectivity index (χ0v) is 21.4. The number of rotatable bonds is 11. The summed E-state index contributed by atoms with van der Waals surface area (Å²) < 4.78 is 4.78. The maximum atomic E-state index is 10.8. The van der Waals surface area contributed by atoms with Gasteiger partial charge in [0.15, 0.2) is 0 Å². The molecule has 0 heterocycles. The molecule has 32 heavy (non-hydrogen) atoms. The van der Waals surface area contributed by atoms with E-state index in [2.05, 4.69) is 59.4 Å². The smallest absolute Gasteiger partial charge is 0.306 e. The fraction of sp³-hybridized carbons (Fsp3) is 0.552. The van der Waals surface area contributed by atoms with Gasteiger partial charge in [-0.25, -0.2) is 0 Å². The van der Waals surface area contributed by atoms with E-state index >= 15 is 0 Å². The minimum Gasteiger partial charge on any atom is -0.461 e. The molecule has 0 aromatic heterocycles. The van der Waals surface area contributed by atoms with Crippen LogP contribution in [0.4, 0.5) is 0 Å². The number of esters is 1. The Morgan fingerprint density at radius 3 is 2.50 bits per heavy atom. The second-order valence-electron chi connectivity index (χ2n) is 9.09. The molecule has 1 rings (SSSR count). The summed E-state index contributed by atoms with van der Waals surface area (Å²) in [5.41, 5.74) is 5.66. The molecule has 0 amide bonds. The molecule has 0 spiro atoms. The first-order valence-corrected chi connectivity index (χ1v) is 11.9. The second-order valence-corrected chi connectivity index (χ2v) is 9.09. The average molecular weight is 443 g/mol. The molecule has 0 radical (unpaired) electrons. The van der Waals surface area contributed by atoms with Crippen LogP contribution in [0.2, 0.25) is 0 Å². The van der Waals surface area contributed by atoms with Crippen LogP contribution in [-0.4, -0.2) is 24.3 Å². The molecule has 3 nitrogen and oxygen atoms in total. The van der Waals surface area contributed by atoms with Crippen molar-refractivity contribution in [2.75, 3.05) is 13.2 Å². The highest BCUT2D eigenvalue weighted by atomic mass is 16.5. The van der Waals surface area contributed by atoms with Crippen molar-refractivity contribution in [1.29, 1.82) is 0 Å². The molecule has 0 saturated heterocycles. The van der Waals surface area contributed by atoms with Crippen LogP contribution in [0.25, 0.3) is 0 Å². The van der Waals surface area contributed by atoms with Crippen LogP contribution in [-0.2, 0) is 9.53 Å². The van der Waals surface area contributed by atoms with Crippen molar-refractivity contribution in [3.05, 3.63) is 71.4 Å². The molecule has 0 atom stereocenters. The van der Waals surface area contributed by atoms with E-state index in [-0.39, 0.29) is 12.6 Å². The van der Waals surface area contributed by atoms with Crippen LogP contribution in [0.5, 0.6) is 0 Å². The zero-order valence-electron chi connectivity index (χ0n) is 21.4. The minimum atomic E-state index is -0.113. The lowest BCUT2D eigenvalue weighted by atomic mass is 9.72. The van der Waals surface area contributed by atoms with Gasteiger partial charge in [-0.3, -0.25) is 4.79 Å². The maximum absolute atomic E-state index is 10.8. The Balaban J connectivity index is 0.000000739. The number of carbonyl (C=O) groups is 1. The van der Waals surface area contributed by atoms with Crippen LogP contribution >= 0.6 is 0 Å². The standard InChI is InChI=1S/C20H30O.C9H16O2/c1-16(8-6-9-17(2)13-15-21)11-12-19-18(3)10-7-14-20(19,4)5;1-3-5-6-7-9(10)11-8-4-2/h6,8-9,11-13,21H,7,10,14-15H2,1-5H3;4H,2-3,5-8H2,1H3/b9-6+,12-11+,16-8+,17-13+;. The second kappa shape index (κ2) is 17.4. The number of hydrogen-bond acceptors (Lipinski definition) is 3. The summed E-state index contributed by atoms with van der Waals surface area (Å²) >= 11 is 0. The number of hydrogen-bond donors (Lipinski definition) is 1. The largest absolute Gasteiger partial charge is 0.461 e. The molecule has 0 bridgehead atoms. The van der Waals surface area contributed by atoms with E-state index in [1.165, 1.54) is 36.0 Å². The lowest BCUT2D eigenvalue weighted by Crippen LogP contribution is -2.19. The summed E-state index contributed by atoms with van der Waals surface area (Å²) in [5, 5.41) is 8.81. The van der Waals surface area contributed by atoms with Crippen molar-refractivity contribution in [3.63, 3.8) is 0 Å². The highest BCUT2D eigenvalue weighted by molar-refractivity contribution is 5.69. The number of ether oxygens (including phenoxy) is 1. The van der Waals surface area contributed by atoms with E-state index in [9.17, 15) is 4.79 Å². The third-order valence-electron chi connectivity index (χ3n) is 5.53. The van der Waals surface area contributed by atoms with Crippen molar-refractivity contribution < 1.29 is 14.6 Å². The van der Waals surface area contributed by atoms with E-state index in [0.717, 1.165) is 24.8 Å². The molecular formula is C29H46O3. The first kappa shape index (κ1) is 29.9. The van der Waals surface area contributed by atoms with Crippen LogP contribution < -0.4 is 0 Å². The number of aliphatic hydroxyl groups excluding tert-OH is 1. The van der Waals surface area contributed by atoms with Gasteiger partial charge in [-0.2, -0.15) is 0 Å². The molecule has 0 saturated carbocycles. The highest BCUT2D eigenvalue weighted by Gasteiger charge is 2.26. The average Bonchev–Trinajstić information content (AvgIpc) is 2.72. The Bertz CT molecular complexity index is 715. The van der Waals surface area contributed by atoms with Gasteiger partial charge < -0.3 is 9.84 Å². The first-order chi connectivity index (χ1) is 15.2. The molecule has 0 aliphatic heterocycles. The van der Waals surface area contributed by atoms with Crippen molar-refractivity contribution in [2.45, 2.75) is 86.5 Å². The van der Waals surface area contributed by atoms with Crippen LogP contribution in [0, 0.1) is 5.41 Å². The molecule has 3 heteroatoms. The molecular weight excluding hydrogens is 396 g/mol. The van der Waals surface area contributed by atoms with E-state index < -0.39 is 0 Å². The molecule has 0 unspecified atom stereocenters. The number of aliphatic hydroxyl groups is 1. The topological polar surface area (TPSA) is 46.5 Å². The van der Waals surface area contributed by atoms with Gasteiger partial charge in [0.25, 0.3) is 0 Å². The van der Waals surface area contributed by atoms with Gasteiger partial charge in [-0.05, 0) is 57.4 Å². The van der Waals surface area contributed by atoms with Gasteiger partial charge in [0.05, 0.1) is 6.61 Å². The normalized spacial score (nSPS) is 16.8. The molecule has 0 aromatic carbocycles. The predicted octanol–water partition coefficient (Wildman–Crippen LogP) is 7.81. The van der Waals surface area contributed by atoms with Crippen molar-refractivity contribution >= 4 is 5.97 Å². The fourth-order valence-corrected chi connectivity index (χ4v) is 3.59. The van der Waals surface area contributed by atoms with E-state index in [4.69, 9.17) is 9.84 Å². The lowest BCUT2D eigenvalue weighted by Gasteiger charge is -2.32. The molecule has 1 aliphatic rings. The van der Waals surface area contributed by atoms with Gasteiger partial charge >= 0.3 is 5.97 Å². The summed E-state index contributed by atoms with van der Waals surface area (Å²) in [6, 6.07) is 0. The summed E-state index contributed by atoms with van der Waals surface area (Å²) in [6.45, 7) is 17.1. The Morgan fingerprint density at radius 2 is 1.91 bits per heavy atom. The predicted molar refractivity (Wildman–Crippen MR) is 139 cm³/mol. The summed E-state index contributed by atoms with van der Waals surface area (Å²) in [5.74, 6) is -0.113. The van der Waals surface area contributed by atoms with Crippen LogP contribution in [0.15, 0.2) is 71.4 Å². The Kier molecular flexibility index (Phi) is 16.3. The monoisotopic (exact) mass is 442 g/mol. The molecule has 1 N–H and O–H groups in total. The Labute approximate surface area is 197 Å². The number of unbranched alkanes of at least 4 members (excludes halogenated alkanes) is 2. The Morgan fingerprint density at radius 1 is 1.19 bits per heavy atom. The van der Waals surface area contributed by atoms with E-state index in [1.807, 2.05) is 19.1 Å². The SMILES string of the molecule is C=CCOC(=O)CCCCC.CC1=C(/C=C/C(C)=C/C=C/C(C)=C/CO)C(C)(C)CCC1. The number of allylic oxidation sites excluding steroid dienone is 9. The third kappa shape index (κ3) is 14.0. The zero-order chi connectivity index (χ0) is 24.4. The van der Waals surface area contributed by atoms with Crippen LogP contribution in [0.3, 0.4) is 0 Å². The van der Waals surface area contributed by atoms with Crippen molar-refractivity contribution in [1.82, 2.24) is 0 Å². The third-order valence-corrected chi connectivity index (χ3v) is 5.53. The van der Waals surface area contributed by atoms with Crippen molar-refractivity contribution in [2.24, 2.45) is 5.41 Å². The van der Waals surface area contributed by atoms with Gasteiger partial charge in [-0.1, -0.05) is 99.4 Å². The minimum absolute atomic E-state index is 0.0985. The fourth-order valence-electron chi connectivity index (χ4n) is 3.59. The van der Waals surface area contributed by atoms with Crippen molar-refractivity contribution in [3.8, 4) is 0 Å². The number of carbonyl (C=O) groups excluding carboxylic acids is 1. The molecule has 1 aliphatic carbocycles. The van der Waals surface area contributed by atoms with E-state index in [1.54, 1.807) is 12.2 Å². The first-order valence-electron chi connectivity index (χ1n) is 11.9. The molecule has 0 aromatic rings. The summed E-state index contributed by atoms with van der Waals surface area (Å²) in [7, 11) is 0. The summed E-state index contributed by atoms with van der Waals surface area (Å²) in [4.78, 5) is 10.8. The van der Waals surface area contributed by atoms with Gasteiger partial charge in [0.1, 0.15) is 6.61 Å². The van der Waals surface area contributed by atoms with Gasteiger partial charge in [-0.15, -0.1) is 0 Å². The Hall–Kier alpha value is -2.13. The lowest BCUT2D eigenvalue weighted by molar-refractivity contribution is -0.142.